The standard InChI is InChI=1S/C16H19N3O3S/c1-10-4-5-11(15(17)21)8-19(10)14(20)7-12-9-23-16(18-12)13-3-2-6-22-13/h2-3,6,9-11H,4-5,7-8H2,1H3,(H2,17,21)/t10-,11-/m0/s1. The highest BCUT2D eigenvalue weighted by Gasteiger charge is 2.31. The molecule has 7 heteroatoms. The van der Waals surface area contributed by atoms with E-state index in [4.69, 9.17) is 10.2 Å². The zero-order valence-electron chi connectivity index (χ0n) is 12.9. The van der Waals surface area contributed by atoms with Crippen molar-refractivity contribution in [2.24, 2.45) is 11.7 Å². The lowest BCUT2D eigenvalue weighted by Gasteiger charge is -2.36. The van der Waals surface area contributed by atoms with E-state index in [2.05, 4.69) is 4.98 Å². The number of hydrogen-bond acceptors (Lipinski definition) is 5. The molecule has 2 atom stereocenters. The van der Waals surface area contributed by atoms with Crippen LogP contribution in [0.2, 0.25) is 0 Å². The average Bonchev–Trinajstić information content (AvgIpc) is 3.18. The Labute approximate surface area is 138 Å². The molecule has 1 aliphatic heterocycles. The summed E-state index contributed by atoms with van der Waals surface area (Å²) in [6, 6.07) is 3.77. The van der Waals surface area contributed by atoms with Crippen LogP contribution in [0, 0.1) is 5.92 Å². The molecular formula is C16H19N3O3S. The lowest BCUT2D eigenvalue weighted by molar-refractivity contribution is -0.137. The number of primary amides is 1. The average molecular weight is 333 g/mol. The number of rotatable bonds is 4. The molecule has 0 bridgehead atoms. The van der Waals surface area contributed by atoms with Crippen LogP contribution in [0.5, 0.6) is 0 Å². The molecule has 3 heterocycles. The molecule has 122 valence electrons. The number of hydrogen-bond donors (Lipinski definition) is 1. The smallest absolute Gasteiger partial charge is 0.228 e. The largest absolute Gasteiger partial charge is 0.462 e. The van der Waals surface area contributed by atoms with Gasteiger partial charge in [-0.25, -0.2) is 4.98 Å². The second-order valence-corrected chi connectivity index (χ2v) is 6.73. The van der Waals surface area contributed by atoms with Crippen LogP contribution in [0.3, 0.4) is 0 Å². The fourth-order valence-electron chi connectivity index (χ4n) is 2.84. The Morgan fingerprint density at radius 1 is 1.48 bits per heavy atom. The van der Waals surface area contributed by atoms with Gasteiger partial charge in [0.1, 0.15) is 0 Å². The van der Waals surface area contributed by atoms with E-state index in [1.807, 2.05) is 18.4 Å². The summed E-state index contributed by atoms with van der Waals surface area (Å²) in [5.74, 6) is 0.112. The van der Waals surface area contributed by atoms with Gasteiger partial charge in [-0.2, -0.15) is 0 Å². The van der Waals surface area contributed by atoms with Gasteiger partial charge in [0, 0.05) is 18.0 Å². The number of nitrogens with zero attached hydrogens (tertiary/aromatic N) is 2. The predicted octanol–water partition coefficient (Wildman–Crippen LogP) is 2.06. The lowest BCUT2D eigenvalue weighted by Crippen LogP contribution is -2.49. The second kappa shape index (κ2) is 6.54. The Morgan fingerprint density at radius 3 is 3.00 bits per heavy atom. The third kappa shape index (κ3) is 3.44. The summed E-state index contributed by atoms with van der Waals surface area (Å²) in [6.07, 6.45) is 3.38. The van der Waals surface area contributed by atoms with Gasteiger partial charge in [-0.15, -0.1) is 11.3 Å². The Morgan fingerprint density at radius 2 is 2.30 bits per heavy atom. The molecule has 0 aliphatic carbocycles. The highest BCUT2D eigenvalue weighted by molar-refractivity contribution is 7.13. The van der Waals surface area contributed by atoms with Gasteiger partial charge in [0.15, 0.2) is 10.8 Å². The first-order valence-electron chi connectivity index (χ1n) is 7.61. The Kier molecular flexibility index (Phi) is 4.47. The first kappa shape index (κ1) is 15.7. The zero-order chi connectivity index (χ0) is 16.4. The van der Waals surface area contributed by atoms with Crippen LogP contribution in [-0.4, -0.2) is 34.3 Å². The first-order chi connectivity index (χ1) is 11.0. The van der Waals surface area contributed by atoms with Crippen LogP contribution in [0.1, 0.15) is 25.5 Å². The monoisotopic (exact) mass is 333 g/mol. The normalized spacial score (nSPS) is 21.3. The summed E-state index contributed by atoms with van der Waals surface area (Å²) in [6.45, 7) is 2.41. The number of furan rings is 1. The Balaban J connectivity index is 1.67. The maximum Gasteiger partial charge on any atom is 0.228 e. The van der Waals surface area contributed by atoms with Crippen LogP contribution in [0.25, 0.3) is 10.8 Å². The molecule has 0 saturated carbocycles. The van der Waals surface area contributed by atoms with E-state index in [9.17, 15) is 9.59 Å². The van der Waals surface area contributed by atoms with E-state index in [0.717, 1.165) is 23.5 Å². The number of aromatic nitrogens is 1. The van der Waals surface area contributed by atoms with E-state index in [0.29, 0.717) is 12.3 Å². The molecule has 1 fully saturated rings. The Hall–Kier alpha value is -2.15. The number of likely N-dealkylation sites (tertiary alicyclic amines) is 1. The number of thiazole rings is 1. The van der Waals surface area contributed by atoms with E-state index < -0.39 is 0 Å². The molecule has 2 amide bonds. The maximum atomic E-state index is 12.6. The van der Waals surface area contributed by atoms with Crippen molar-refractivity contribution in [2.75, 3.05) is 6.54 Å². The molecule has 2 N–H and O–H groups in total. The highest BCUT2D eigenvalue weighted by atomic mass is 32.1. The zero-order valence-corrected chi connectivity index (χ0v) is 13.7. The number of carbonyl (C=O) groups is 2. The van der Waals surface area contributed by atoms with Crippen LogP contribution in [0.15, 0.2) is 28.2 Å². The van der Waals surface area contributed by atoms with Crippen LogP contribution in [0.4, 0.5) is 0 Å². The van der Waals surface area contributed by atoms with Crippen molar-refractivity contribution in [1.82, 2.24) is 9.88 Å². The molecule has 2 aromatic heterocycles. The quantitative estimate of drug-likeness (QED) is 0.927. The molecule has 2 aromatic rings. The van der Waals surface area contributed by atoms with Crippen LogP contribution >= 0.6 is 11.3 Å². The van der Waals surface area contributed by atoms with E-state index >= 15 is 0 Å². The van der Waals surface area contributed by atoms with Gasteiger partial charge in [0.2, 0.25) is 11.8 Å². The molecular weight excluding hydrogens is 314 g/mol. The summed E-state index contributed by atoms with van der Waals surface area (Å²) < 4.78 is 5.31. The topological polar surface area (TPSA) is 89.4 Å². The first-order valence-corrected chi connectivity index (χ1v) is 8.49. The van der Waals surface area contributed by atoms with E-state index in [-0.39, 0.29) is 30.2 Å². The molecule has 6 nitrogen and oxygen atoms in total. The number of nitrogens with two attached hydrogens (primary N) is 1. The van der Waals surface area contributed by atoms with Gasteiger partial charge in [0.05, 0.1) is 24.3 Å². The maximum absolute atomic E-state index is 12.6. The highest BCUT2D eigenvalue weighted by Crippen LogP contribution is 2.26. The summed E-state index contributed by atoms with van der Waals surface area (Å²) >= 11 is 1.45. The predicted molar refractivity (Wildman–Crippen MR) is 86.6 cm³/mol. The number of carbonyl (C=O) groups excluding carboxylic acids is 2. The van der Waals surface area contributed by atoms with Gasteiger partial charge in [0.25, 0.3) is 0 Å². The molecule has 1 aliphatic rings. The van der Waals surface area contributed by atoms with Gasteiger partial charge in [-0.05, 0) is 31.9 Å². The molecule has 0 spiro atoms. The van der Waals surface area contributed by atoms with Crippen LogP contribution in [-0.2, 0) is 16.0 Å². The molecule has 0 radical (unpaired) electrons. The summed E-state index contributed by atoms with van der Waals surface area (Å²) in [7, 11) is 0. The van der Waals surface area contributed by atoms with Crippen molar-refractivity contribution in [3.05, 3.63) is 29.5 Å². The second-order valence-electron chi connectivity index (χ2n) is 5.87. The summed E-state index contributed by atoms with van der Waals surface area (Å²) in [5.41, 5.74) is 6.11. The van der Waals surface area contributed by atoms with Gasteiger partial charge in [-0.1, -0.05) is 0 Å². The minimum Gasteiger partial charge on any atom is -0.462 e. The van der Waals surface area contributed by atoms with Crippen molar-refractivity contribution in [3.8, 4) is 10.8 Å². The minimum atomic E-state index is -0.330. The summed E-state index contributed by atoms with van der Waals surface area (Å²) in [4.78, 5) is 30.1. The molecule has 0 unspecified atom stereocenters. The van der Waals surface area contributed by atoms with Crippen molar-refractivity contribution >= 4 is 23.2 Å². The SMILES string of the molecule is C[C@H]1CC[C@H](C(N)=O)CN1C(=O)Cc1csc(-c2ccco2)n1. The number of amides is 2. The fraction of sp³-hybridized carbons (Fsp3) is 0.438. The lowest BCUT2D eigenvalue weighted by atomic mass is 9.92. The van der Waals surface area contributed by atoms with Crippen molar-refractivity contribution < 1.29 is 14.0 Å². The molecule has 23 heavy (non-hydrogen) atoms. The van der Waals surface area contributed by atoms with Crippen molar-refractivity contribution in [1.29, 1.82) is 0 Å². The minimum absolute atomic E-state index is 0.0141. The number of piperidine rings is 1. The summed E-state index contributed by atoms with van der Waals surface area (Å²) in [5, 5.41) is 2.63. The third-order valence-electron chi connectivity index (χ3n) is 4.22. The van der Waals surface area contributed by atoms with Gasteiger partial charge in [-0.3, -0.25) is 9.59 Å². The van der Waals surface area contributed by atoms with Crippen molar-refractivity contribution in [3.63, 3.8) is 0 Å². The fourth-order valence-corrected chi connectivity index (χ4v) is 3.63. The van der Waals surface area contributed by atoms with Gasteiger partial charge >= 0.3 is 0 Å². The molecule has 0 aromatic carbocycles. The van der Waals surface area contributed by atoms with Crippen LogP contribution < -0.4 is 5.73 Å². The van der Waals surface area contributed by atoms with Crippen molar-refractivity contribution in [2.45, 2.75) is 32.2 Å². The Bertz CT molecular complexity index is 695. The van der Waals surface area contributed by atoms with E-state index in [1.54, 1.807) is 17.2 Å². The van der Waals surface area contributed by atoms with Gasteiger partial charge < -0.3 is 15.1 Å². The molecule has 1 saturated heterocycles. The molecule has 3 rings (SSSR count). The third-order valence-corrected chi connectivity index (χ3v) is 5.13. The van der Waals surface area contributed by atoms with E-state index in [1.165, 1.54) is 11.3 Å².